The number of ether oxygens (including phenoxy) is 2. The molecule has 98 heavy (non-hydrogen) atoms. The quantitative estimate of drug-likeness (QED) is 0.0354. The number of carboxylic acid groups (broad SMARTS) is 1. The predicted octanol–water partition coefficient (Wildman–Crippen LogP) is 12.6. The van der Waals surface area contributed by atoms with E-state index in [0.717, 1.165) is 22.3 Å². The van der Waals surface area contributed by atoms with Crippen LogP contribution >= 0.6 is 47.0 Å². The normalized spacial score (nSPS) is 18.9. The molecule has 0 bridgehead atoms. The van der Waals surface area contributed by atoms with Crippen molar-refractivity contribution in [1.82, 2.24) is 5.48 Å². The number of esters is 2. The van der Waals surface area contributed by atoms with Crippen LogP contribution in [-0.4, -0.2) is 118 Å². The largest absolute Gasteiger partial charge is 0.480 e. The van der Waals surface area contributed by atoms with Crippen molar-refractivity contribution in [2.75, 3.05) is 60.0 Å². The zero-order valence-corrected chi connectivity index (χ0v) is 56.9. The summed E-state index contributed by atoms with van der Waals surface area (Å²) in [5, 5.41) is 17.5. The number of hydrogen-bond donors (Lipinski definition) is 3. The van der Waals surface area contributed by atoms with Gasteiger partial charge in [0.05, 0.1) is 42.2 Å². The monoisotopic (exact) mass is 1410 g/mol. The topological polar surface area (TPSA) is 220 Å². The molecule has 508 valence electrons. The number of hydrogen-bond acceptors (Lipinski definition) is 15. The van der Waals surface area contributed by atoms with Crippen LogP contribution in [0.3, 0.4) is 0 Å². The van der Waals surface area contributed by atoms with Gasteiger partial charge in [-0.05, 0) is 142 Å². The molecule has 0 fully saturated rings. The second-order valence-corrected chi connectivity index (χ2v) is 29.3. The minimum atomic E-state index is -1.10. The lowest BCUT2D eigenvalue weighted by molar-refractivity contribution is -0.140. The molecular weight excluding hydrogens is 1340 g/mol. The summed E-state index contributed by atoms with van der Waals surface area (Å²) in [6, 6.07) is 54.8. The SMILES string of the molecule is CC1(Cc2ccccc2)Sc2cc(F)ccc2N(CC(=O)NO)C1=O.CC1(Cc2ccccc2)Sc2cc(F)ccc2N(CC(=O)O)C1=O.COC(=O)CN1C(=O)C(C)(Cc2ccccc2)Sc2cc(F)ccc21.COC(=O)CN1C(=O)C(Cc2ccccc2)Sc2cc(F)ccc21. The average Bonchev–Trinajstić information content (AvgIpc) is 0.775. The molecule has 4 aliphatic rings. The van der Waals surface area contributed by atoms with Crippen molar-refractivity contribution in [1.29, 1.82) is 0 Å². The first-order valence-corrected chi connectivity index (χ1v) is 33.8. The molecule has 0 spiro atoms. The molecule has 3 N–H and O–H groups in total. The maximum atomic E-state index is 13.7. The third-order valence-electron chi connectivity index (χ3n) is 15.9. The predicted molar refractivity (Wildman–Crippen MR) is 370 cm³/mol. The second kappa shape index (κ2) is 32.3. The Labute approximate surface area is 580 Å². The molecule has 0 saturated heterocycles. The first-order chi connectivity index (χ1) is 46.8. The number of nitrogens with one attached hydrogen (secondary N) is 1. The van der Waals surface area contributed by atoms with Crippen LogP contribution in [0.5, 0.6) is 0 Å². The van der Waals surface area contributed by atoms with Crippen molar-refractivity contribution in [3.63, 3.8) is 0 Å². The van der Waals surface area contributed by atoms with Crippen molar-refractivity contribution in [3.05, 3.63) is 240 Å². The van der Waals surface area contributed by atoms with Crippen LogP contribution in [0.1, 0.15) is 43.0 Å². The van der Waals surface area contributed by atoms with E-state index in [2.05, 4.69) is 4.74 Å². The van der Waals surface area contributed by atoms with E-state index >= 15 is 0 Å². The lowest BCUT2D eigenvalue weighted by Gasteiger charge is -2.39. The van der Waals surface area contributed by atoms with Crippen molar-refractivity contribution >= 4 is 117 Å². The Morgan fingerprint density at radius 2 is 0.745 bits per heavy atom. The highest BCUT2D eigenvalue weighted by molar-refractivity contribution is 8.02. The van der Waals surface area contributed by atoms with Crippen LogP contribution in [0, 0.1) is 23.3 Å². The number of aliphatic carboxylic acids is 1. The van der Waals surface area contributed by atoms with E-state index < -0.39 is 61.5 Å². The van der Waals surface area contributed by atoms with Crippen LogP contribution in [0.25, 0.3) is 0 Å². The number of carbonyl (C=O) groups excluding carboxylic acids is 7. The number of amides is 5. The number of hydroxylamine groups is 1. The van der Waals surface area contributed by atoms with Crippen LogP contribution in [0.2, 0.25) is 0 Å². The Morgan fingerprint density at radius 3 is 1.08 bits per heavy atom. The van der Waals surface area contributed by atoms with Gasteiger partial charge in [-0.3, -0.25) is 58.3 Å². The van der Waals surface area contributed by atoms with Gasteiger partial charge in [0.1, 0.15) is 63.7 Å². The number of benzene rings is 8. The summed E-state index contributed by atoms with van der Waals surface area (Å²) in [5.74, 6) is -5.30. The molecule has 25 heteroatoms. The molecule has 4 unspecified atom stereocenters. The van der Waals surface area contributed by atoms with E-state index in [1.165, 1.54) is 159 Å². The molecule has 17 nitrogen and oxygen atoms in total. The molecule has 0 radical (unpaired) electrons. The minimum Gasteiger partial charge on any atom is -0.480 e. The molecule has 0 aromatic heterocycles. The summed E-state index contributed by atoms with van der Waals surface area (Å²) >= 11 is 5.23. The van der Waals surface area contributed by atoms with Crippen LogP contribution in [-0.2, 0) is 73.5 Å². The number of thioether (sulfide) groups is 4. The number of rotatable bonds is 16. The molecule has 12 rings (SSSR count). The molecule has 4 atom stereocenters. The van der Waals surface area contributed by atoms with E-state index in [1.54, 1.807) is 13.8 Å². The first kappa shape index (κ1) is 72.9. The molecule has 4 heterocycles. The number of fused-ring (bicyclic) bond motifs is 4. The van der Waals surface area contributed by atoms with E-state index in [0.29, 0.717) is 68.0 Å². The zero-order valence-electron chi connectivity index (χ0n) is 53.6. The van der Waals surface area contributed by atoms with Gasteiger partial charge in [0, 0.05) is 19.6 Å². The Hall–Kier alpha value is -9.40. The molecule has 8 aromatic carbocycles. The van der Waals surface area contributed by atoms with Crippen LogP contribution < -0.4 is 25.1 Å². The van der Waals surface area contributed by atoms with Crippen LogP contribution in [0.4, 0.5) is 40.3 Å². The second-order valence-electron chi connectivity index (χ2n) is 23.4. The van der Waals surface area contributed by atoms with Crippen LogP contribution in [0.15, 0.2) is 214 Å². The standard InChI is InChI=1S/C19H18FNO3S.C18H17FN2O3S.2C18H16FNO3S/c1-19(11-13-6-4-3-5-7-13)18(23)21(12-17(22)24-2)15-9-8-14(20)10-16(15)25-19;1-18(10-12-5-3-2-4-6-12)17(23)21(11-16(22)20-24)14-8-7-13(19)9-15(14)25-18;1-18(10-12-5-3-2-4-6-12)17(23)20(11-16(21)22)14-8-7-13(19)9-15(14)24-18;1-23-17(21)11-20-14-8-7-13(19)10-15(14)24-16(18(20)22)9-12-5-3-2-4-6-12/h3-10H,11-12H2,1-2H3;2-9,24H,10-11H2,1H3,(H,20,22);2-9H,10-11H2,1H3,(H,21,22);2-8,10,16H,9,11H2,1H3. The van der Waals surface area contributed by atoms with Gasteiger partial charge in [0.2, 0.25) is 23.6 Å². The molecule has 0 saturated carbocycles. The summed E-state index contributed by atoms with van der Waals surface area (Å²) in [6.07, 6.45) is 1.86. The van der Waals surface area contributed by atoms with Gasteiger partial charge in [-0.25, -0.2) is 23.0 Å². The Balaban J connectivity index is 0.000000153. The number of carbonyl (C=O) groups is 8. The van der Waals surface area contributed by atoms with E-state index in [4.69, 9.17) is 15.1 Å². The van der Waals surface area contributed by atoms with E-state index in [1.807, 2.05) is 128 Å². The maximum absolute atomic E-state index is 13.7. The van der Waals surface area contributed by atoms with Gasteiger partial charge >= 0.3 is 17.9 Å². The number of halogens is 4. The fourth-order valence-electron chi connectivity index (χ4n) is 11.3. The summed E-state index contributed by atoms with van der Waals surface area (Å²) in [5.41, 5.74) is 7.48. The Bertz CT molecular complexity index is 4130. The summed E-state index contributed by atoms with van der Waals surface area (Å²) in [7, 11) is 2.55. The van der Waals surface area contributed by atoms with Gasteiger partial charge in [-0.1, -0.05) is 121 Å². The number of nitrogens with zero attached hydrogens (tertiary/aromatic N) is 4. The summed E-state index contributed by atoms with van der Waals surface area (Å²) in [4.78, 5) is 106. The highest BCUT2D eigenvalue weighted by atomic mass is 32.2. The van der Waals surface area contributed by atoms with Crippen molar-refractivity contribution in [3.8, 4) is 0 Å². The molecule has 0 aliphatic carbocycles. The minimum absolute atomic E-state index is 0.173. The van der Waals surface area contributed by atoms with E-state index in [-0.39, 0.29) is 54.9 Å². The fourth-order valence-corrected chi connectivity index (χ4v) is 16.7. The maximum Gasteiger partial charge on any atom is 0.325 e. The smallest absolute Gasteiger partial charge is 0.325 e. The van der Waals surface area contributed by atoms with E-state index in [9.17, 15) is 55.9 Å². The van der Waals surface area contributed by atoms with Crippen molar-refractivity contribution < 1.29 is 75.7 Å². The first-order valence-electron chi connectivity index (χ1n) is 30.5. The lowest BCUT2D eigenvalue weighted by atomic mass is 9.98. The number of carboxylic acids is 1. The van der Waals surface area contributed by atoms with Gasteiger partial charge in [0.25, 0.3) is 5.91 Å². The summed E-state index contributed by atoms with van der Waals surface area (Å²) < 4.78 is 61.4. The Morgan fingerprint density at radius 1 is 0.439 bits per heavy atom. The number of methoxy groups -OCH3 is 2. The van der Waals surface area contributed by atoms with Gasteiger partial charge < -0.3 is 19.5 Å². The number of anilines is 4. The molecule has 4 aliphatic heterocycles. The van der Waals surface area contributed by atoms with Gasteiger partial charge in [0.15, 0.2) is 0 Å². The molecule has 8 aromatic rings. The average molecular weight is 1410 g/mol. The third-order valence-corrected chi connectivity index (χ3v) is 21.1. The van der Waals surface area contributed by atoms with Gasteiger partial charge in [-0.15, -0.1) is 47.0 Å². The highest BCUT2D eigenvalue weighted by Gasteiger charge is 2.47. The zero-order chi connectivity index (χ0) is 70.5. The fraction of sp³-hybridized carbons (Fsp3) is 0.233. The van der Waals surface area contributed by atoms with Crippen molar-refractivity contribution in [2.24, 2.45) is 0 Å². The lowest BCUT2D eigenvalue weighted by Crippen LogP contribution is -2.52. The highest BCUT2D eigenvalue weighted by Crippen LogP contribution is 2.50. The third kappa shape index (κ3) is 17.8. The van der Waals surface area contributed by atoms with Crippen molar-refractivity contribution in [2.45, 2.75) is 85.5 Å². The Kier molecular flexibility index (Phi) is 24.0. The molecular formula is C73H67F4N5O12S4. The summed E-state index contributed by atoms with van der Waals surface area (Å²) in [6.45, 7) is 4.23. The molecule has 5 amide bonds. The van der Waals surface area contributed by atoms with Gasteiger partial charge in [-0.2, -0.15) is 0 Å².